The largest absolute Gasteiger partial charge is 0.508 e. The van der Waals surface area contributed by atoms with Gasteiger partial charge in [-0.1, -0.05) is 38.8 Å². The van der Waals surface area contributed by atoms with Crippen LogP contribution >= 0.6 is 0 Å². The Kier molecular flexibility index (Phi) is 9.72. The Labute approximate surface area is 179 Å². The molecule has 4 heteroatoms. The molecule has 4 nitrogen and oxygen atoms in total. The minimum Gasteiger partial charge on any atom is -0.508 e. The van der Waals surface area contributed by atoms with Crippen molar-refractivity contribution >= 4 is 11.9 Å². The van der Waals surface area contributed by atoms with E-state index >= 15 is 0 Å². The third-order valence-corrected chi connectivity index (χ3v) is 4.63. The van der Waals surface area contributed by atoms with Crippen LogP contribution in [0.2, 0.25) is 0 Å². The van der Waals surface area contributed by atoms with E-state index in [0.29, 0.717) is 25.2 Å². The first-order chi connectivity index (χ1) is 14.6. The van der Waals surface area contributed by atoms with E-state index in [1.807, 2.05) is 18.2 Å². The molecule has 2 rings (SSSR count). The Balaban J connectivity index is 2.32. The number of hydrogen-bond donors (Lipinski definition) is 1. The highest BCUT2D eigenvalue weighted by Crippen LogP contribution is 2.33. The van der Waals surface area contributed by atoms with Crippen LogP contribution in [-0.4, -0.2) is 24.1 Å². The zero-order valence-corrected chi connectivity index (χ0v) is 18.0. The molecule has 0 amide bonds. The Morgan fingerprint density at radius 1 is 1.00 bits per heavy atom. The van der Waals surface area contributed by atoms with Crippen LogP contribution in [-0.2, 0) is 6.42 Å². The van der Waals surface area contributed by atoms with Crippen LogP contribution in [0, 0.1) is 0 Å². The topological polar surface area (TPSA) is 55.8 Å². The summed E-state index contributed by atoms with van der Waals surface area (Å²) >= 11 is 0. The van der Waals surface area contributed by atoms with E-state index in [1.54, 1.807) is 18.2 Å². The van der Waals surface area contributed by atoms with Crippen molar-refractivity contribution in [3.05, 3.63) is 71.8 Å². The number of rotatable bonds is 13. The zero-order chi connectivity index (χ0) is 21.8. The van der Waals surface area contributed by atoms with Gasteiger partial charge in [-0.15, -0.1) is 6.58 Å². The molecule has 0 aliphatic heterocycles. The highest BCUT2D eigenvalue weighted by molar-refractivity contribution is 6.06. The van der Waals surface area contributed by atoms with Crippen molar-refractivity contribution in [1.82, 2.24) is 0 Å². The molecule has 1 N–H and O–H groups in total. The number of unbranched alkanes of at least 4 members (excludes halogenated alkanes) is 2. The van der Waals surface area contributed by atoms with Gasteiger partial charge < -0.3 is 14.6 Å². The fourth-order valence-electron chi connectivity index (χ4n) is 2.89. The van der Waals surface area contributed by atoms with Gasteiger partial charge >= 0.3 is 0 Å². The van der Waals surface area contributed by atoms with Crippen molar-refractivity contribution < 1.29 is 19.4 Å². The number of allylic oxidation sites excluding steroid dienone is 2. The van der Waals surface area contributed by atoms with Crippen molar-refractivity contribution in [3.63, 3.8) is 0 Å². The molecule has 0 atom stereocenters. The average molecular weight is 409 g/mol. The molecule has 160 valence electrons. The van der Waals surface area contributed by atoms with Gasteiger partial charge in [0.15, 0.2) is 5.78 Å². The van der Waals surface area contributed by atoms with Crippen molar-refractivity contribution in [2.24, 2.45) is 0 Å². The van der Waals surface area contributed by atoms with Crippen LogP contribution < -0.4 is 9.47 Å². The van der Waals surface area contributed by atoms with Gasteiger partial charge in [-0.05, 0) is 67.3 Å². The molecule has 0 aliphatic rings. The van der Waals surface area contributed by atoms with E-state index in [1.165, 1.54) is 18.2 Å². The van der Waals surface area contributed by atoms with E-state index < -0.39 is 0 Å². The fourth-order valence-corrected chi connectivity index (χ4v) is 2.89. The first-order valence-corrected chi connectivity index (χ1v) is 10.6. The maximum absolute atomic E-state index is 12.4. The molecule has 30 heavy (non-hydrogen) atoms. The zero-order valence-electron chi connectivity index (χ0n) is 18.0. The van der Waals surface area contributed by atoms with Gasteiger partial charge in [0.05, 0.1) is 13.2 Å². The standard InChI is InChI=1S/C26H32O4/c1-4-7-16-29-25-18-20(10-15-24(28)21-11-13-22(27)14-12-21)19-26(23(25)9-6-3)30-17-8-5-2/h6,10-15,18-19,27H,3-5,7-9,16-17H2,1-2H3. The summed E-state index contributed by atoms with van der Waals surface area (Å²) in [5.41, 5.74) is 2.35. The number of carbonyl (C=O) groups excluding carboxylic acids is 1. The second-order valence-electron chi connectivity index (χ2n) is 7.14. The molecule has 2 aromatic rings. The summed E-state index contributed by atoms with van der Waals surface area (Å²) in [7, 11) is 0. The maximum Gasteiger partial charge on any atom is 0.185 e. The highest BCUT2D eigenvalue weighted by Gasteiger charge is 2.13. The van der Waals surface area contributed by atoms with Gasteiger partial charge in [0.2, 0.25) is 0 Å². The summed E-state index contributed by atoms with van der Waals surface area (Å²) in [6.07, 6.45) is 9.84. The van der Waals surface area contributed by atoms with Gasteiger partial charge in [0.1, 0.15) is 17.2 Å². The lowest BCUT2D eigenvalue weighted by Gasteiger charge is -2.17. The Morgan fingerprint density at radius 2 is 1.57 bits per heavy atom. The van der Waals surface area contributed by atoms with Crippen molar-refractivity contribution in [2.45, 2.75) is 46.0 Å². The Hall–Kier alpha value is -3.01. The molecule has 2 aromatic carbocycles. The second kappa shape index (κ2) is 12.5. The minimum absolute atomic E-state index is 0.132. The first-order valence-electron chi connectivity index (χ1n) is 10.6. The fraction of sp³-hybridized carbons (Fsp3) is 0.346. The smallest absolute Gasteiger partial charge is 0.185 e. The Morgan fingerprint density at radius 3 is 2.07 bits per heavy atom. The van der Waals surface area contributed by atoms with Gasteiger partial charge in [-0.2, -0.15) is 0 Å². The number of phenolic OH excluding ortho intramolecular Hbond substituents is 1. The predicted molar refractivity (Wildman–Crippen MR) is 123 cm³/mol. The van der Waals surface area contributed by atoms with E-state index in [4.69, 9.17) is 9.47 Å². The monoisotopic (exact) mass is 408 g/mol. The number of benzene rings is 2. The van der Waals surface area contributed by atoms with E-state index in [0.717, 1.165) is 48.3 Å². The number of aromatic hydroxyl groups is 1. The molecule has 0 aromatic heterocycles. The molecular formula is C26H32O4. The van der Waals surface area contributed by atoms with Crippen LogP contribution in [0.4, 0.5) is 0 Å². The van der Waals surface area contributed by atoms with Gasteiger partial charge in [0.25, 0.3) is 0 Å². The second-order valence-corrected chi connectivity index (χ2v) is 7.14. The molecule has 0 saturated heterocycles. The summed E-state index contributed by atoms with van der Waals surface area (Å²) in [5, 5.41) is 9.39. The van der Waals surface area contributed by atoms with E-state index in [9.17, 15) is 9.90 Å². The molecule has 0 aliphatic carbocycles. The lowest BCUT2D eigenvalue weighted by molar-refractivity contribution is 0.104. The lowest BCUT2D eigenvalue weighted by atomic mass is 10.0. The number of carbonyl (C=O) groups is 1. The summed E-state index contributed by atoms with van der Waals surface area (Å²) in [5.74, 6) is 1.55. The number of ether oxygens (including phenoxy) is 2. The minimum atomic E-state index is -0.132. The third kappa shape index (κ3) is 7.11. The molecule has 0 heterocycles. The van der Waals surface area contributed by atoms with Gasteiger partial charge in [-0.25, -0.2) is 0 Å². The quantitative estimate of drug-likeness (QED) is 0.181. The molecule has 0 unspecified atom stereocenters. The lowest BCUT2D eigenvalue weighted by Crippen LogP contribution is -2.05. The summed E-state index contributed by atoms with van der Waals surface area (Å²) in [6.45, 7) is 9.39. The predicted octanol–water partition coefficient (Wildman–Crippen LogP) is 6.37. The summed E-state index contributed by atoms with van der Waals surface area (Å²) in [4.78, 5) is 12.4. The number of hydrogen-bond acceptors (Lipinski definition) is 4. The van der Waals surface area contributed by atoms with Crippen LogP contribution in [0.25, 0.3) is 6.08 Å². The highest BCUT2D eigenvalue weighted by atomic mass is 16.5. The Bertz CT molecular complexity index is 819. The molecule has 0 spiro atoms. The molecule has 0 radical (unpaired) electrons. The van der Waals surface area contributed by atoms with E-state index in [2.05, 4.69) is 20.4 Å². The third-order valence-electron chi connectivity index (χ3n) is 4.63. The SMILES string of the molecule is C=CCc1c(OCCCC)cc(C=CC(=O)c2ccc(O)cc2)cc1OCCCC. The molecular weight excluding hydrogens is 376 g/mol. The van der Waals surface area contributed by atoms with Crippen molar-refractivity contribution in [2.75, 3.05) is 13.2 Å². The molecule has 0 bridgehead atoms. The summed E-state index contributed by atoms with van der Waals surface area (Å²) < 4.78 is 12.1. The molecule has 0 saturated carbocycles. The summed E-state index contributed by atoms with van der Waals surface area (Å²) in [6, 6.07) is 10.1. The number of ketones is 1. The van der Waals surface area contributed by atoms with Gasteiger partial charge in [-0.3, -0.25) is 4.79 Å². The van der Waals surface area contributed by atoms with Crippen molar-refractivity contribution in [1.29, 1.82) is 0 Å². The van der Waals surface area contributed by atoms with Crippen LogP contribution in [0.3, 0.4) is 0 Å². The van der Waals surface area contributed by atoms with Crippen LogP contribution in [0.1, 0.15) is 61.0 Å². The van der Waals surface area contributed by atoms with Crippen molar-refractivity contribution in [3.8, 4) is 17.2 Å². The average Bonchev–Trinajstić information content (AvgIpc) is 2.75. The van der Waals surface area contributed by atoms with E-state index in [-0.39, 0.29) is 11.5 Å². The maximum atomic E-state index is 12.4. The number of phenols is 1. The van der Waals surface area contributed by atoms with Crippen LogP contribution in [0.15, 0.2) is 55.1 Å². The first kappa shape index (κ1) is 23.3. The normalized spacial score (nSPS) is 10.9. The van der Waals surface area contributed by atoms with Gasteiger partial charge in [0, 0.05) is 11.1 Å². The van der Waals surface area contributed by atoms with Crippen LogP contribution in [0.5, 0.6) is 17.2 Å². The molecule has 0 fully saturated rings.